The smallest absolute Gasteiger partial charge is 0.303 e. The van der Waals surface area contributed by atoms with Crippen molar-refractivity contribution in [3.63, 3.8) is 0 Å². The van der Waals surface area contributed by atoms with E-state index >= 15 is 0 Å². The lowest BCUT2D eigenvalue weighted by atomic mass is 9.98. The van der Waals surface area contributed by atoms with Gasteiger partial charge in [0.2, 0.25) is 0 Å². The Morgan fingerprint density at radius 1 is 1.47 bits per heavy atom. The number of hydrogen-bond acceptors (Lipinski definition) is 2. The lowest BCUT2D eigenvalue weighted by Gasteiger charge is -2.13. The summed E-state index contributed by atoms with van der Waals surface area (Å²) in [4.78, 5) is 10.6. The predicted molar refractivity (Wildman–Crippen MR) is 68.0 cm³/mol. The molecule has 0 aliphatic heterocycles. The van der Waals surface area contributed by atoms with Gasteiger partial charge >= 0.3 is 5.97 Å². The van der Waals surface area contributed by atoms with Gasteiger partial charge in [0.15, 0.2) is 0 Å². The Kier molecular flexibility index (Phi) is 4.82. The fourth-order valence-corrected chi connectivity index (χ4v) is 1.87. The molecule has 1 N–H and O–H groups in total. The molecule has 0 aromatic heterocycles. The van der Waals surface area contributed by atoms with Gasteiger partial charge in [-0.15, -0.1) is 0 Å². The van der Waals surface area contributed by atoms with E-state index in [-0.39, 0.29) is 6.42 Å². The van der Waals surface area contributed by atoms with Crippen molar-refractivity contribution in [3.05, 3.63) is 28.3 Å². The van der Waals surface area contributed by atoms with Gasteiger partial charge in [-0.1, -0.05) is 31.5 Å². The fraction of sp³-hybridized carbons (Fsp3) is 0.462. The number of methoxy groups -OCH3 is 1. The molecule has 0 saturated heterocycles. The van der Waals surface area contributed by atoms with Gasteiger partial charge in [-0.05, 0) is 29.5 Å². The number of carbonyl (C=O) groups is 1. The van der Waals surface area contributed by atoms with Crippen LogP contribution in [-0.2, 0) is 11.2 Å². The van der Waals surface area contributed by atoms with Crippen LogP contribution in [-0.4, -0.2) is 18.2 Å². The summed E-state index contributed by atoms with van der Waals surface area (Å²) in [5.41, 5.74) is 1.93. The third-order valence-electron chi connectivity index (χ3n) is 2.63. The van der Waals surface area contributed by atoms with Gasteiger partial charge in [0.25, 0.3) is 0 Å². The monoisotopic (exact) mass is 256 g/mol. The van der Waals surface area contributed by atoms with E-state index in [4.69, 9.17) is 21.4 Å². The number of ether oxygens (including phenoxy) is 1. The first-order valence-electron chi connectivity index (χ1n) is 5.53. The highest BCUT2D eigenvalue weighted by Crippen LogP contribution is 2.33. The Balaban J connectivity index is 3.08. The molecule has 94 valence electrons. The zero-order valence-electron chi connectivity index (χ0n) is 10.3. The summed E-state index contributed by atoms with van der Waals surface area (Å²) in [5.74, 6) is 0.137. The van der Waals surface area contributed by atoms with Crippen molar-refractivity contribution >= 4 is 17.6 Å². The summed E-state index contributed by atoms with van der Waals surface area (Å²) in [6, 6.07) is 3.86. The topological polar surface area (TPSA) is 46.5 Å². The molecule has 0 radical (unpaired) electrons. The molecule has 0 aliphatic rings. The van der Waals surface area contributed by atoms with E-state index in [1.54, 1.807) is 7.11 Å². The average molecular weight is 257 g/mol. The highest BCUT2D eigenvalue weighted by Gasteiger charge is 2.12. The third-order valence-corrected chi connectivity index (χ3v) is 3.06. The fourth-order valence-electron chi connectivity index (χ4n) is 1.58. The molecule has 4 heteroatoms. The minimum atomic E-state index is -0.824. The number of aryl methyl sites for hydroxylation is 1. The van der Waals surface area contributed by atoms with Crippen molar-refractivity contribution in [2.24, 2.45) is 0 Å². The quantitative estimate of drug-likeness (QED) is 0.877. The molecule has 17 heavy (non-hydrogen) atoms. The first-order chi connectivity index (χ1) is 7.95. The number of rotatable bonds is 5. The predicted octanol–water partition coefficient (Wildman–Crippen LogP) is 3.49. The molecule has 0 fully saturated rings. The van der Waals surface area contributed by atoms with E-state index in [1.807, 2.05) is 12.1 Å². The molecule has 0 spiro atoms. The molecule has 1 aromatic rings. The van der Waals surface area contributed by atoms with Crippen LogP contribution in [0.25, 0.3) is 0 Å². The number of benzene rings is 1. The Labute approximate surface area is 106 Å². The van der Waals surface area contributed by atoms with Crippen LogP contribution >= 0.6 is 11.6 Å². The molecule has 0 heterocycles. The highest BCUT2D eigenvalue weighted by atomic mass is 35.5. The summed E-state index contributed by atoms with van der Waals surface area (Å²) in [6.45, 7) is 4.15. The summed E-state index contributed by atoms with van der Waals surface area (Å²) < 4.78 is 5.20. The van der Waals surface area contributed by atoms with Crippen molar-refractivity contribution < 1.29 is 14.6 Å². The molecule has 0 bridgehead atoms. The van der Waals surface area contributed by atoms with Gasteiger partial charge < -0.3 is 9.84 Å². The lowest BCUT2D eigenvalue weighted by Crippen LogP contribution is -2.01. The SMILES string of the molecule is COc1cc(C(C)C)cc(CCC(=O)O)c1Cl. The summed E-state index contributed by atoms with van der Waals surface area (Å²) in [7, 11) is 1.56. The van der Waals surface area contributed by atoms with Crippen LogP contribution in [0.3, 0.4) is 0 Å². The molecule has 1 aromatic carbocycles. The molecule has 0 saturated carbocycles. The maximum atomic E-state index is 10.6. The van der Waals surface area contributed by atoms with Crippen molar-refractivity contribution in [2.75, 3.05) is 7.11 Å². The minimum absolute atomic E-state index is 0.0738. The van der Waals surface area contributed by atoms with Crippen molar-refractivity contribution in [2.45, 2.75) is 32.6 Å². The lowest BCUT2D eigenvalue weighted by molar-refractivity contribution is -0.136. The van der Waals surface area contributed by atoms with Crippen molar-refractivity contribution in [3.8, 4) is 5.75 Å². The maximum Gasteiger partial charge on any atom is 0.303 e. The van der Waals surface area contributed by atoms with E-state index < -0.39 is 5.97 Å². The second-order valence-corrected chi connectivity index (χ2v) is 4.62. The second kappa shape index (κ2) is 5.92. The van der Waals surface area contributed by atoms with E-state index in [0.717, 1.165) is 11.1 Å². The van der Waals surface area contributed by atoms with E-state index in [9.17, 15) is 4.79 Å². The summed E-state index contributed by atoms with van der Waals surface area (Å²) in [6.07, 6.45) is 0.496. The standard InChI is InChI=1S/C13H17ClO3/c1-8(2)10-6-9(4-5-12(15)16)13(14)11(7-10)17-3/h6-8H,4-5H2,1-3H3,(H,15,16). The van der Waals surface area contributed by atoms with Crippen molar-refractivity contribution in [1.82, 2.24) is 0 Å². The molecule has 0 aliphatic carbocycles. The number of carboxylic acid groups (broad SMARTS) is 1. The Hall–Kier alpha value is -1.22. The van der Waals surface area contributed by atoms with E-state index in [0.29, 0.717) is 23.1 Å². The van der Waals surface area contributed by atoms with Gasteiger partial charge in [-0.25, -0.2) is 0 Å². The first kappa shape index (κ1) is 13.8. The van der Waals surface area contributed by atoms with Crippen LogP contribution < -0.4 is 4.74 Å². The third kappa shape index (κ3) is 3.63. The molecular formula is C13H17ClO3. The first-order valence-corrected chi connectivity index (χ1v) is 5.91. The van der Waals surface area contributed by atoms with Crippen LogP contribution in [0.4, 0.5) is 0 Å². The number of aliphatic carboxylic acids is 1. The Morgan fingerprint density at radius 3 is 2.59 bits per heavy atom. The molecule has 0 unspecified atom stereocenters. The Bertz CT molecular complexity index is 413. The normalized spacial score (nSPS) is 10.6. The van der Waals surface area contributed by atoms with Gasteiger partial charge in [-0.3, -0.25) is 4.79 Å². The van der Waals surface area contributed by atoms with E-state index in [2.05, 4.69) is 13.8 Å². The minimum Gasteiger partial charge on any atom is -0.495 e. The van der Waals surface area contributed by atoms with Crippen molar-refractivity contribution in [1.29, 1.82) is 0 Å². The van der Waals surface area contributed by atoms with Gasteiger partial charge in [0, 0.05) is 6.42 Å². The second-order valence-electron chi connectivity index (χ2n) is 4.24. The molecule has 0 atom stereocenters. The summed E-state index contributed by atoms with van der Waals surface area (Å²) >= 11 is 6.15. The number of halogens is 1. The molecule has 3 nitrogen and oxygen atoms in total. The molecular weight excluding hydrogens is 240 g/mol. The van der Waals surface area contributed by atoms with Crippen LogP contribution in [0.15, 0.2) is 12.1 Å². The van der Waals surface area contributed by atoms with Crippen LogP contribution in [0.5, 0.6) is 5.75 Å². The molecule has 0 amide bonds. The van der Waals surface area contributed by atoms with Gasteiger partial charge in [0.1, 0.15) is 5.75 Å². The highest BCUT2D eigenvalue weighted by molar-refractivity contribution is 6.32. The molecule has 1 rings (SSSR count). The number of carboxylic acids is 1. The average Bonchev–Trinajstić information content (AvgIpc) is 2.27. The summed E-state index contributed by atoms with van der Waals surface area (Å²) in [5, 5.41) is 9.21. The zero-order valence-corrected chi connectivity index (χ0v) is 11.0. The van der Waals surface area contributed by atoms with Crippen LogP contribution in [0.2, 0.25) is 5.02 Å². The number of hydrogen-bond donors (Lipinski definition) is 1. The largest absolute Gasteiger partial charge is 0.495 e. The van der Waals surface area contributed by atoms with Crippen LogP contribution in [0, 0.1) is 0 Å². The van der Waals surface area contributed by atoms with Crippen LogP contribution in [0.1, 0.15) is 37.3 Å². The van der Waals surface area contributed by atoms with E-state index in [1.165, 1.54) is 0 Å². The Morgan fingerprint density at radius 2 is 2.12 bits per heavy atom. The van der Waals surface area contributed by atoms with Gasteiger partial charge in [-0.2, -0.15) is 0 Å². The maximum absolute atomic E-state index is 10.6. The van der Waals surface area contributed by atoms with Gasteiger partial charge in [0.05, 0.1) is 12.1 Å². The zero-order chi connectivity index (χ0) is 13.0.